The fourth-order valence-electron chi connectivity index (χ4n) is 3.06. The molecule has 2 fully saturated rings. The molecule has 188 valence electrons. The van der Waals surface area contributed by atoms with Crippen LogP contribution in [-0.4, -0.2) is 54.6 Å². The molecule has 0 spiro atoms. The van der Waals surface area contributed by atoms with Crippen molar-refractivity contribution in [3.63, 3.8) is 0 Å². The average Bonchev–Trinajstić information content (AvgIpc) is 3.03. The fourth-order valence-corrected chi connectivity index (χ4v) is 3.06. The van der Waals surface area contributed by atoms with Gasteiger partial charge in [-0.3, -0.25) is 0 Å². The highest BCUT2D eigenvalue weighted by Gasteiger charge is 2.47. The van der Waals surface area contributed by atoms with Crippen molar-refractivity contribution in [3.8, 4) is 0 Å². The first-order valence-electron chi connectivity index (χ1n) is 10.4. The maximum absolute atomic E-state index is 11.5. The monoisotopic (exact) mass is 474 g/mol. The van der Waals surface area contributed by atoms with E-state index in [0.717, 1.165) is 0 Å². The minimum atomic E-state index is -1.33. The SMILES string of the molecule is C=C1OC(=O)OC1(C)CC(OOC(C)(C)OC(CC1(C)OC(=O)OC1=C)OC)OC(C)(C)C. The Labute approximate surface area is 193 Å². The lowest BCUT2D eigenvalue weighted by Gasteiger charge is -2.35. The van der Waals surface area contributed by atoms with E-state index in [0.29, 0.717) is 0 Å². The third-order valence-electron chi connectivity index (χ3n) is 4.84. The Hall–Kier alpha value is -2.18. The molecule has 2 heterocycles. The van der Waals surface area contributed by atoms with Crippen molar-refractivity contribution in [1.29, 1.82) is 0 Å². The third kappa shape index (κ3) is 7.41. The molecule has 0 amide bonds. The van der Waals surface area contributed by atoms with Crippen LogP contribution in [0.15, 0.2) is 24.7 Å². The van der Waals surface area contributed by atoms with E-state index in [1.165, 1.54) is 7.11 Å². The van der Waals surface area contributed by atoms with Crippen LogP contribution in [-0.2, 0) is 42.9 Å². The molecule has 2 aliphatic rings. The number of carbonyl (C=O) groups excluding carboxylic acids is 2. The van der Waals surface area contributed by atoms with E-state index in [1.54, 1.807) is 27.7 Å². The second-order valence-corrected chi connectivity index (χ2v) is 9.65. The van der Waals surface area contributed by atoms with E-state index in [1.807, 2.05) is 20.8 Å². The van der Waals surface area contributed by atoms with Crippen LogP contribution in [0.25, 0.3) is 0 Å². The van der Waals surface area contributed by atoms with Crippen molar-refractivity contribution >= 4 is 12.3 Å². The number of ether oxygens (including phenoxy) is 7. The maximum Gasteiger partial charge on any atom is 0.514 e. The van der Waals surface area contributed by atoms with Crippen molar-refractivity contribution in [1.82, 2.24) is 0 Å². The van der Waals surface area contributed by atoms with E-state index in [9.17, 15) is 9.59 Å². The molecule has 4 atom stereocenters. The molecule has 2 saturated heterocycles. The van der Waals surface area contributed by atoms with Gasteiger partial charge in [0.1, 0.15) is 11.5 Å². The standard InChI is InChI=1S/C22H34O11/c1-13-21(8,30-17(23)26-13)11-15(25-10)29-20(6,7)33-32-16(28-19(3,4)5)12-22(9)14(2)27-18(24)31-22/h15-16H,1-2,11-12H2,3-10H3. The van der Waals surface area contributed by atoms with Gasteiger partial charge in [-0.05, 0) is 48.5 Å². The molecule has 11 heteroatoms. The van der Waals surface area contributed by atoms with E-state index in [2.05, 4.69) is 13.2 Å². The number of cyclic esters (lactones) is 4. The molecule has 0 N–H and O–H groups in total. The summed E-state index contributed by atoms with van der Waals surface area (Å²) in [5.74, 6) is -1.05. The predicted octanol–water partition coefficient (Wildman–Crippen LogP) is 4.46. The second-order valence-electron chi connectivity index (χ2n) is 9.65. The second kappa shape index (κ2) is 9.59. The summed E-state index contributed by atoms with van der Waals surface area (Å²) in [6, 6.07) is 0. The summed E-state index contributed by atoms with van der Waals surface area (Å²) in [5, 5.41) is 0. The molecule has 0 radical (unpaired) electrons. The first kappa shape index (κ1) is 27.1. The third-order valence-corrected chi connectivity index (χ3v) is 4.84. The summed E-state index contributed by atoms with van der Waals surface area (Å²) >= 11 is 0. The van der Waals surface area contributed by atoms with Crippen molar-refractivity contribution in [2.45, 2.75) is 96.5 Å². The van der Waals surface area contributed by atoms with Gasteiger partial charge in [-0.25, -0.2) is 14.5 Å². The molecule has 2 rings (SSSR count). The Balaban J connectivity index is 2.03. The molecule has 4 unspecified atom stereocenters. The highest BCUT2D eigenvalue weighted by atomic mass is 17.3. The number of rotatable bonds is 11. The Morgan fingerprint density at radius 1 is 0.848 bits per heavy atom. The van der Waals surface area contributed by atoms with E-state index < -0.39 is 47.5 Å². The van der Waals surface area contributed by atoms with Crippen molar-refractivity contribution < 1.29 is 52.5 Å². The maximum atomic E-state index is 11.5. The summed E-state index contributed by atoms with van der Waals surface area (Å²) < 4.78 is 37.4. The van der Waals surface area contributed by atoms with E-state index in [-0.39, 0.29) is 24.4 Å². The molecular formula is C22H34O11. The zero-order valence-electron chi connectivity index (χ0n) is 20.5. The smallest absolute Gasteiger partial charge is 0.419 e. The summed E-state index contributed by atoms with van der Waals surface area (Å²) in [7, 11) is 1.43. The number of methoxy groups -OCH3 is 1. The molecule has 0 aliphatic carbocycles. The number of carbonyl (C=O) groups is 2. The first-order valence-corrected chi connectivity index (χ1v) is 10.4. The van der Waals surface area contributed by atoms with Gasteiger partial charge in [0.25, 0.3) is 0 Å². The zero-order chi connectivity index (χ0) is 25.2. The molecule has 0 bridgehead atoms. The van der Waals surface area contributed by atoms with Gasteiger partial charge in [-0.2, -0.15) is 4.89 Å². The van der Waals surface area contributed by atoms with Crippen LogP contribution in [0.3, 0.4) is 0 Å². The normalized spacial score (nSPS) is 27.6. The summed E-state index contributed by atoms with van der Waals surface area (Å²) in [4.78, 5) is 34.0. The van der Waals surface area contributed by atoms with Gasteiger partial charge in [0.2, 0.25) is 0 Å². The van der Waals surface area contributed by atoms with Crippen molar-refractivity contribution in [2.24, 2.45) is 0 Å². The number of hydrogen-bond donors (Lipinski definition) is 0. The van der Waals surface area contributed by atoms with Gasteiger partial charge in [-0.15, -0.1) is 0 Å². The number of hydrogen-bond acceptors (Lipinski definition) is 11. The van der Waals surface area contributed by atoms with Crippen LogP contribution in [0, 0.1) is 0 Å². The van der Waals surface area contributed by atoms with Gasteiger partial charge in [0.15, 0.2) is 29.6 Å². The minimum Gasteiger partial charge on any atom is -0.419 e. The lowest BCUT2D eigenvalue weighted by atomic mass is 10.00. The largest absolute Gasteiger partial charge is 0.514 e. The summed E-state index contributed by atoms with van der Waals surface area (Å²) in [5.41, 5.74) is -2.91. The molecule has 0 aromatic rings. The van der Waals surface area contributed by atoms with Crippen LogP contribution in [0.2, 0.25) is 0 Å². The van der Waals surface area contributed by atoms with Gasteiger partial charge < -0.3 is 33.2 Å². The van der Waals surface area contributed by atoms with Crippen molar-refractivity contribution in [3.05, 3.63) is 24.7 Å². The van der Waals surface area contributed by atoms with Gasteiger partial charge in [-0.1, -0.05) is 13.2 Å². The first-order chi connectivity index (χ1) is 15.0. The molecule has 0 aromatic heterocycles. The molecule has 2 aliphatic heterocycles. The Morgan fingerprint density at radius 2 is 1.30 bits per heavy atom. The Morgan fingerprint density at radius 3 is 1.67 bits per heavy atom. The van der Waals surface area contributed by atoms with Gasteiger partial charge >= 0.3 is 12.3 Å². The molecule has 33 heavy (non-hydrogen) atoms. The average molecular weight is 475 g/mol. The van der Waals surface area contributed by atoms with Crippen LogP contribution in [0.4, 0.5) is 9.59 Å². The lowest BCUT2D eigenvalue weighted by Crippen LogP contribution is -2.42. The van der Waals surface area contributed by atoms with Crippen LogP contribution < -0.4 is 0 Å². The van der Waals surface area contributed by atoms with Crippen LogP contribution in [0.5, 0.6) is 0 Å². The Bertz CT molecular complexity index is 784. The van der Waals surface area contributed by atoms with Crippen molar-refractivity contribution in [2.75, 3.05) is 7.11 Å². The molecule has 0 aromatic carbocycles. The topological polar surface area (TPSA) is 117 Å². The molecule has 0 saturated carbocycles. The van der Waals surface area contributed by atoms with E-state index >= 15 is 0 Å². The lowest BCUT2D eigenvalue weighted by molar-refractivity contribution is -0.485. The van der Waals surface area contributed by atoms with Gasteiger partial charge in [0, 0.05) is 20.0 Å². The molecule has 11 nitrogen and oxygen atoms in total. The van der Waals surface area contributed by atoms with Crippen LogP contribution in [0.1, 0.15) is 61.3 Å². The van der Waals surface area contributed by atoms with Crippen LogP contribution >= 0.6 is 0 Å². The summed E-state index contributed by atoms with van der Waals surface area (Å²) in [6.07, 6.45) is -3.41. The molecular weight excluding hydrogens is 440 g/mol. The fraction of sp³-hybridized carbons (Fsp3) is 0.727. The van der Waals surface area contributed by atoms with Gasteiger partial charge in [0.05, 0.1) is 5.60 Å². The summed E-state index contributed by atoms with van der Waals surface area (Å²) in [6.45, 7) is 19.4. The highest BCUT2D eigenvalue weighted by Crippen LogP contribution is 2.37. The minimum absolute atomic E-state index is 0.0455. The van der Waals surface area contributed by atoms with E-state index in [4.69, 9.17) is 42.9 Å². The zero-order valence-corrected chi connectivity index (χ0v) is 20.5. The highest BCUT2D eigenvalue weighted by molar-refractivity contribution is 5.66. The predicted molar refractivity (Wildman–Crippen MR) is 112 cm³/mol. The Kier molecular flexibility index (Phi) is 7.87. The quantitative estimate of drug-likeness (QED) is 0.183.